The molecule has 0 saturated heterocycles. The molecule has 0 fully saturated rings. The summed E-state index contributed by atoms with van der Waals surface area (Å²) >= 11 is 0. The summed E-state index contributed by atoms with van der Waals surface area (Å²) in [6.45, 7) is -2.97. The minimum atomic E-state index is -2.97. The van der Waals surface area contributed by atoms with Crippen molar-refractivity contribution in [1.82, 2.24) is 4.98 Å². The number of para-hydroxylation sites is 2. The predicted molar refractivity (Wildman–Crippen MR) is 73.1 cm³/mol. The van der Waals surface area contributed by atoms with Crippen molar-refractivity contribution in [2.75, 3.05) is 10.7 Å². The molecule has 0 aliphatic heterocycles. The van der Waals surface area contributed by atoms with E-state index in [1.165, 1.54) is 36.5 Å². The van der Waals surface area contributed by atoms with Crippen LogP contribution in [0, 0.1) is 0 Å². The third-order valence-electron chi connectivity index (χ3n) is 2.52. The minimum Gasteiger partial charge on any atom is -0.433 e. The summed E-state index contributed by atoms with van der Waals surface area (Å²) < 4.78 is 28.9. The highest BCUT2D eigenvalue weighted by Gasteiger charge is 2.12. The van der Waals surface area contributed by atoms with Crippen LogP contribution in [-0.4, -0.2) is 17.5 Å². The summed E-state index contributed by atoms with van der Waals surface area (Å²) in [5.74, 6) is 4.94. The first-order valence-electron chi connectivity index (χ1n) is 5.88. The van der Waals surface area contributed by atoms with Crippen molar-refractivity contribution in [3.63, 3.8) is 0 Å². The van der Waals surface area contributed by atoms with Crippen LogP contribution in [0.15, 0.2) is 42.6 Å². The maximum absolute atomic E-state index is 12.3. The van der Waals surface area contributed by atoms with Gasteiger partial charge in [0.05, 0.1) is 11.3 Å². The lowest BCUT2D eigenvalue weighted by Gasteiger charge is -2.11. The number of nitrogens with zero attached hydrogens (tertiary/aromatic N) is 1. The molecule has 1 aromatic carbocycles. The van der Waals surface area contributed by atoms with Crippen molar-refractivity contribution < 1.29 is 18.3 Å². The smallest absolute Gasteiger partial charge is 0.387 e. The lowest BCUT2D eigenvalue weighted by molar-refractivity contribution is -0.0493. The molecule has 0 saturated carbocycles. The van der Waals surface area contributed by atoms with Gasteiger partial charge in [-0.15, -0.1) is 0 Å². The van der Waals surface area contributed by atoms with Gasteiger partial charge in [-0.05, 0) is 24.3 Å². The fraction of sp³-hybridized carbons (Fsp3) is 0.0769. The Morgan fingerprint density at radius 3 is 2.62 bits per heavy atom. The number of nitrogens with two attached hydrogens (primary N) is 1. The number of ether oxygens (including phenoxy) is 1. The molecule has 0 atom stereocenters. The fourth-order valence-corrected chi connectivity index (χ4v) is 1.58. The molecule has 8 heteroatoms. The number of rotatable bonds is 5. The van der Waals surface area contributed by atoms with Crippen LogP contribution in [0.5, 0.6) is 5.75 Å². The second kappa shape index (κ2) is 6.62. The molecular weight excluding hydrogens is 282 g/mol. The number of alkyl halides is 2. The van der Waals surface area contributed by atoms with Crippen LogP contribution in [0.1, 0.15) is 10.4 Å². The number of amides is 1. The van der Waals surface area contributed by atoms with Gasteiger partial charge in [-0.2, -0.15) is 8.78 Å². The van der Waals surface area contributed by atoms with E-state index in [2.05, 4.69) is 20.5 Å². The van der Waals surface area contributed by atoms with Crippen molar-refractivity contribution >= 4 is 17.4 Å². The number of hydrogen-bond donors (Lipinski definition) is 3. The number of anilines is 2. The standard InChI is InChI=1S/C13H12F2N4O2/c14-13(15)21-10-4-2-1-3-9(10)18-12(20)8-5-6-11(19-16)17-7-8/h1-7,13H,16H2,(H,17,19)(H,18,20). The average molecular weight is 294 g/mol. The Morgan fingerprint density at radius 2 is 2.00 bits per heavy atom. The number of nitrogen functional groups attached to an aromatic ring is 1. The zero-order chi connectivity index (χ0) is 15.2. The van der Waals surface area contributed by atoms with Gasteiger partial charge in [-0.1, -0.05) is 12.1 Å². The summed E-state index contributed by atoms with van der Waals surface area (Å²) in [6.07, 6.45) is 1.31. The van der Waals surface area contributed by atoms with Crippen LogP contribution in [0.4, 0.5) is 20.3 Å². The van der Waals surface area contributed by atoms with E-state index >= 15 is 0 Å². The Kier molecular flexibility index (Phi) is 4.62. The van der Waals surface area contributed by atoms with Crippen LogP contribution in [-0.2, 0) is 0 Å². The largest absolute Gasteiger partial charge is 0.433 e. The number of carbonyl (C=O) groups is 1. The molecule has 2 aromatic rings. The molecule has 0 radical (unpaired) electrons. The highest BCUT2D eigenvalue weighted by Crippen LogP contribution is 2.25. The van der Waals surface area contributed by atoms with Crippen LogP contribution in [0.3, 0.4) is 0 Å². The van der Waals surface area contributed by atoms with Crippen molar-refractivity contribution in [3.8, 4) is 5.75 Å². The Hall–Kier alpha value is -2.74. The molecule has 1 heterocycles. The molecule has 0 aliphatic carbocycles. The summed E-state index contributed by atoms with van der Waals surface area (Å²) in [7, 11) is 0. The molecule has 0 aliphatic rings. The molecule has 0 bridgehead atoms. The number of carbonyl (C=O) groups excluding carboxylic acids is 1. The maximum Gasteiger partial charge on any atom is 0.387 e. The zero-order valence-electron chi connectivity index (χ0n) is 10.7. The number of aromatic nitrogens is 1. The van der Waals surface area contributed by atoms with Gasteiger partial charge < -0.3 is 15.5 Å². The van der Waals surface area contributed by atoms with Gasteiger partial charge in [-0.3, -0.25) is 4.79 Å². The highest BCUT2D eigenvalue weighted by molar-refractivity contribution is 6.04. The van der Waals surface area contributed by atoms with Crippen LogP contribution < -0.4 is 21.3 Å². The molecule has 21 heavy (non-hydrogen) atoms. The molecule has 0 spiro atoms. The van der Waals surface area contributed by atoms with E-state index in [1.54, 1.807) is 6.07 Å². The van der Waals surface area contributed by atoms with Gasteiger partial charge in [0.15, 0.2) is 0 Å². The Labute approximate surface area is 118 Å². The normalized spacial score (nSPS) is 10.3. The topological polar surface area (TPSA) is 89.3 Å². The van der Waals surface area contributed by atoms with Gasteiger partial charge in [0.2, 0.25) is 0 Å². The van der Waals surface area contributed by atoms with Crippen molar-refractivity contribution in [1.29, 1.82) is 0 Å². The zero-order valence-corrected chi connectivity index (χ0v) is 10.7. The quantitative estimate of drug-likeness (QED) is 0.581. The third-order valence-corrected chi connectivity index (χ3v) is 2.52. The fourth-order valence-electron chi connectivity index (χ4n) is 1.58. The number of nitrogens with one attached hydrogen (secondary N) is 2. The molecular formula is C13H12F2N4O2. The van der Waals surface area contributed by atoms with Crippen molar-refractivity contribution in [3.05, 3.63) is 48.2 Å². The van der Waals surface area contributed by atoms with E-state index in [9.17, 15) is 13.6 Å². The Bertz CT molecular complexity index is 620. The third kappa shape index (κ3) is 3.86. The van der Waals surface area contributed by atoms with E-state index in [-0.39, 0.29) is 17.0 Å². The highest BCUT2D eigenvalue weighted by atomic mass is 19.3. The van der Waals surface area contributed by atoms with E-state index in [4.69, 9.17) is 5.84 Å². The van der Waals surface area contributed by atoms with Crippen LogP contribution >= 0.6 is 0 Å². The number of pyridine rings is 1. The number of hydrogen-bond acceptors (Lipinski definition) is 5. The van der Waals surface area contributed by atoms with E-state index < -0.39 is 12.5 Å². The average Bonchev–Trinajstić information content (AvgIpc) is 2.49. The SMILES string of the molecule is NNc1ccc(C(=O)Nc2ccccc2OC(F)F)cn1. The molecule has 2 rings (SSSR count). The molecule has 1 amide bonds. The van der Waals surface area contributed by atoms with Crippen LogP contribution in [0.25, 0.3) is 0 Å². The second-order valence-electron chi connectivity index (χ2n) is 3.91. The lowest BCUT2D eigenvalue weighted by Crippen LogP contribution is -2.15. The molecule has 6 nitrogen and oxygen atoms in total. The first-order chi connectivity index (χ1) is 10.1. The Morgan fingerprint density at radius 1 is 1.24 bits per heavy atom. The van der Waals surface area contributed by atoms with E-state index in [1.807, 2.05) is 0 Å². The molecule has 4 N–H and O–H groups in total. The van der Waals surface area contributed by atoms with Gasteiger partial charge in [0.1, 0.15) is 11.6 Å². The summed E-state index contributed by atoms with van der Waals surface area (Å²) in [4.78, 5) is 15.9. The lowest BCUT2D eigenvalue weighted by atomic mass is 10.2. The minimum absolute atomic E-state index is 0.117. The summed E-state index contributed by atoms with van der Waals surface area (Å²) in [5, 5.41) is 2.48. The predicted octanol–water partition coefficient (Wildman–Crippen LogP) is 2.22. The first-order valence-corrected chi connectivity index (χ1v) is 5.88. The van der Waals surface area contributed by atoms with Gasteiger partial charge >= 0.3 is 6.61 Å². The monoisotopic (exact) mass is 294 g/mol. The van der Waals surface area contributed by atoms with Gasteiger partial charge in [0.25, 0.3) is 5.91 Å². The molecule has 1 aromatic heterocycles. The van der Waals surface area contributed by atoms with Gasteiger partial charge in [-0.25, -0.2) is 10.8 Å². The second-order valence-corrected chi connectivity index (χ2v) is 3.91. The van der Waals surface area contributed by atoms with Crippen molar-refractivity contribution in [2.45, 2.75) is 6.61 Å². The van der Waals surface area contributed by atoms with E-state index in [0.29, 0.717) is 5.82 Å². The maximum atomic E-state index is 12.3. The summed E-state index contributed by atoms with van der Waals surface area (Å²) in [6, 6.07) is 8.91. The van der Waals surface area contributed by atoms with E-state index in [0.717, 1.165) is 0 Å². The number of benzene rings is 1. The number of halogens is 2. The first kappa shape index (κ1) is 14.7. The van der Waals surface area contributed by atoms with Gasteiger partial charge in [0, 0.05) is 6.20 Å². The Balaban J connectivity index is 2.15. The van der Waals surface area contributed by atoms with Crippen molar-refractivity contribution in [2.24, 2.45) is 5.84 Å². The van der Waals surface area contributed by atoms with Crippen LogP contribution in [0.2, 0.25) is 0 Å². The number of hydrazine groups is 1. The summed E-state index contributed by atoms with van der Waals surface area (Å²) in [5.41, 5.74) is 2.72. The molecule has 0 unspecified atom stereocenters. The molecule has 110 valence electrons.